The van der Waals surface area contributed by atoms with Crippen LogP contribution in [0.3, 0.4) is 0 Å². The topological polar surface area (TPSA) is 34.9 Å². The third-order valence-electron chi connectivity index (χ3n) is 4.52. The SMILES string of the molecule is O=C1CCc2c1ccc1c2CCCC1n1ccnc1. The van der Waals surface area contributed by atoms with Crippen LogP contribution in [-0.4, -0.2) is 15.3 Å². The van der Waals surface area contributed by atoms with Crippen molar-refractivity contribution < 1.29 is 4.79 Å². The summed E-state index contributed by atoms with van der Waals surface area (Å²) in [5.74, 6) is 0.322. The van der Waals surface area contributed by atoms with Crippen molar-refractivity contribution in [1.29, 1.82) is 0 Å². The maximum absolute atomic E-state index is 11.8. The highest BCUT2D eigenvalue weighted by Gasteiger charge is 2.29. The standard InChI is InChI=1S/C16H16N2O/c19-16-7-6-12-11-2-1-3-15(18-9-8-17-10-18)13(11)4-5-14(12)16/h4-5,8-10,15H,1-3,6-7H2. The molecule has 1 heterocycles. The molecule has 1 aromatic carbocycles. The number of benzene rings is 1. The third-order valence-corrected chi connectivity index (χ3v) is 4.52. The van der Waals surface area contributed by atoms with Gasteiger partial charge < -0.3 is 4.57 Å². The highest BCUT2D eigenvalue weighted by molar-refractivity contribution is 6.01. The van der Waals surface area contributed by atoms with Gasteiger partial charge in [-0.2, -0.15) is 0 Å². The number of ketones is 1. The van der Waals surface area contributed by atoms with Gasteiger partial charge in [-0.1, -0.05) is 12.1 Å². The first-order valence-electron chi connectivity index (χ1n) is 7.00. The molecular formula is C16H16N2O. The number of Topliss-reactive ketones (excluding diaryl/α,β-unsaturated/α-hetero) is 1. The lowest BCUT2D eigenvalue weighted by Crippen LogP contribution is -2.17. The van der Waals surface area contributed by atoms with Crippen LogP contribution in [0.4, 0.5) is 0 Å². The first-order valence-corrected chi connectivity index (χ1v) is 7.00. The lowest BCUT2D eigenvalue weighted by molar-refractivity contribution is 0.0994. The maximum atomic E-state index is 11.8. The fourth-order valence-electron chi connectivity index (χ4n) is 3.63. The highest BCUT2D eigenvalue weighted by atomic mass is 16.1. The largest absolute Gasteiger partial charge is 0.330 e. The summed E-state index contributed by atoms with van der Waals surface area (Å²) in [4.78, 5) is 16.0. The van der Waals surface area contributed by atoms with Crippen molar-refractivity contribution in [3.8, 4) is 0 Å². The molecular weight excluding hydrogens is 236 g/mol. The molecule has 96 valence electrons. The average molecular weight is 252 g/mol. The number of fused-ring (bicyclic) bond motifs is 3. The molecule has 0 N–H and O–H groups in total. The molecule has 0 saturated carbocycles. The van der Waals surface area contributed by atoms with Gasteiger partial charge in [0.1, 0.15) is 0 Å². The summed E-state index contributed by atoms with van der Waals surface area (Å²) in [6.07, 6.45) is 10.9. The van der Waals surface area contributed by atoms with Crippen LogP contribution in [0.25, 0.3) is 0 Å². The van der Waals surface area contributed by atoms with E-state index in [1.54, 1.807) is 0 Å². The maximum Gasteiger partial charge on any atom is 0.163 e. The molecule has 0 aliphatic heterocycles. The Balaban J connectivity index is 1.87. The van der Waals surface area contributed by atoms with E-state index in [2.05, 4.69) is 15.6 Å². The third kappa shape index (κ3) is 1.57. The van der Waals surface area contributed by atoms with E-state index >= 15 is 0 Å². The van der Waals surface area contributed by atoms with Crippen molar-refractivity contribution in [2.45, 2.75) is 38.1 Å². The molecule has 3 heteroatoms. The summed E-state index contributed by atoms with van der Waals surface area (Å²) >= 11 is 0. The molecule has 1 atom stereocenters. The minimum absolute atomic E-state index is 0.322. The van der Waals surface area contributed by atoms with Crippen molar-refractivity contribution in [3.05, 3.63) is 53.1 Å². The van der Waals surface area contributed by atoms with Gasteiger partial charge in [-0.15, -0.1) is 0 Å². The Kier molecular flexibility index (Phi) is 2.34. The predicted molar refractivity (Wildman–Crippen MR) is 72.4 cm³/mol. The summed E-state index contributed by atoms with van der Waals surface area (Å²) in [6.45, 7) is 0. The van der Waals surface area contributed by atoms with Gasteiger partial charge in [-0.25, -0.2) is 4.98 Å². The summed E-state index contributed by atoms with van der Waals surface area (Å²) in [5.41, 5.74) is 5.14. The van der Waals surface area contributed by atoms with E-state index in [1.165, 1.54) is 23.1 Å². The van der Waals surface area contributed by atoms with E-state index in [1.807, 2.05) is 24.8 Å². The van der Waals surface area contributed by atoms with Gasteiger partial charge >= 0.3 is 0 Å². The van der Waals surface area contributed by atoms with Gasteiger partial charge in [0.25, 0.3) is 0 Å². The Hall–Kier alpha value is -1.90. The number of nitrogens with zero attached hydrogens (tertiary/aromatic N) is 2. The van der Waals surface area contributed by atoms with E-state index in [0.717, 1.165) is 24.8 Å². The number of aromatic nitrogens is 2. The second-order valence-corrected chi connectivity index (χ2v) is 5.50. The van der Waals surface area contributed by atoms with E-state index in [9.17, 15) is 4.79 Å². The summed E-state index contributed by atoms with van der Waals surface area (Å²) < 4.78 is 2.20. The molecule has 0 radical (unpaired) electrons. The van der Waals surface area contributed by atoms with Crippen molar-refractivity contribution in [2.75, 3.05) is 0 Å². The van der Waals surface area contributed by atoms with Crippen molar-refractivity contribution in [2.24, 2.45) is 0 Å². The number of imidazole rings is 1. The van der Waals surface area contributed by atoms with Gasteiger partial charge in [-0.3, -0.25) is 4.79 Å². The molecule has 0 fully saturated rings. The number of carbonyl (C=O) groups is 1. The predicted octanol–water partition coefficient (Wildman–Crippen LogP) is 2.94. The van der Waals surface area contributed by atoms with Crippen LogP contribution in [0.2, 0.25) is 0 Å². The minimum atomic E-state index is 0.322. The Labute approximate surface area is 112 Å². The van der Waals surface area contributed by atoms with Crippen LogP contribution >= 0.6 is 0 Å². The van der Waals surface area contributed by atoms with Gasteiger partial charge in [0.15, 0.2) is 5.78 Å². The van der Waals surface area contributed by atoms with Crippen molar-refractivity contribution in [3.63, 3.8) is 0 Å². The van der Waals surface area contributed by atoms with Crippen LogP contribution in [-0.2, 0) is 12.8 Å². The van der Waals surface area contributed by atoms with Gasteiger partial charge in [0, 0.05) is 24.4 Å². The second-order valence-electron chi connectivity index (χ2n) is 5.50. The molecule has 2 aliphatic rings. The number of hydrogen-bond acceptors (Lipinski definition) is 2. The molecule has 3 nitrogen and oxygen atoms in total. The van der Waals surface area contributed by atoms with Crippen molar-refractivity contribution >= 4 is 5.78 Å². The summed E-state index contributed by atoms with van der Waals surface area (Å²) in [6, 6.07) is 4.60. The van der Waals surface area contributed by atoms with Gasteiger partial charge in [0.2, 0.25) is 0 Å². The quantitative estimate of drug-likeness (QED) is 0.782. The molecule has 4 rings (SSSR count). The normalized spacial score (nSPS) is 21.3. The van der Waals surface area contributed by atoms with E-state index in [4.69, 9.17) is 0 Å². The Morgan fingerprint density at radius 2 is 2.11 bits per heavy atom. The summed E-state index contributed by atoms with van der Waals surface area (Å²) in [7, 11) is 0. The highest BCUT2D eigenvalue weighted by Crippen LogP contribution is 2.38. The molecule has 1 unspecified atom stereocenters. The van der Waals surface area contributed by atoms with Crippen LogP contribution in [0.1, 0.15) is 52.4 Å². The molecule has 0 saturated heterocycles. The summed E-state index contributed by atoms with van der Waals surface area (Å²) in [5, 5.41) is 0. The molecule has 19 heavy (non-hydrogen) atoms. The lowest BCUT2D eigenvalue weighted by atomic mass is 9.83. The number of hydrogen-bond donors (Lipinski definition) is 0. The Morgan fingerprint density at radius 1 is 1.16 bits per heavy atom. The first kappa shape index (κ1) is 11.0. The zero-order valence-electron chi connectivity index (χ0n) is 10.8. The monoisotopic (exact) mass is 252 g/mol. The van der Waals surface area contributed by atoms with E-state index < -0.39 is 0 Å². The molecule has 1 aromatic heterocycles. The smallest absolute Gasteiger partial charge is 0.163 e. The molecule has 2 aromatic rings. The fraction of sp³-hybridized carbons (Fsp3) is 0.375. The molecule has 2 aliphatic carbocycles. The number of carbonyl (C=O) groups excluding carboxylic acids is 1. The zero-order chi connectivity index (χ0) is 12.8. The van der Waals surface area contributed by atoms with E-state index in [-0.39, 0.29) is 0 Å². The lowest BCUT2D eigenvalue weighted by Gasteiger charge is -2.28. The van der Waals surface area contributed by atoms with Crippen LogP contribution in [0.5, 0.6) is 0 Å². The Bertz CT molecular complexity index is 643. The number of rotatable bonds is 1. The van der Waals surface area contributed by atoms with Gasteiger partial charge in [0.05, 0.1) is 12.4 Å². The van der Waals surface area contributed by atoms with Crippen molar-refractivity contribution in [1.82, 2.24) is 9.55 Å². The zero-order valence-corrected chi connectivity index (χ0v) is 10.8. The van der Waals surface area contributed by atoms with Crippen LogP contribution < -0.4 is 0 Å². The minimum Gasteiger partial charge on any atom is -0.330 e. The van der Waals surface area contributed by atoms with Gasteiger partial charge in [-0.05, 0) is 42.4 Å². The molecule has 0 bridgehead atoms. The second kappa shape index (κ2) is 4.05. The fourth-order valence-corrected chi connectivity index (χ4v) is 3.63. The molecule has 0 spiro atoms. The first-order chi connectivity index (χ1) is 9.34. The Morgan fingerprint density at radius 3 is 2.95 bits per heavy atom. The van der Waals surface area contributed by atoms with E-state index in [0.29, 0.717) is 18.2 Å². The average Bonchev–Trinajstić information content (AvgIpc) is 3.08. The van der Waals surface area contributed by atoms with Crippen LogP contribution in [0, 0.1) is 0 Å². The van der Waals surface area contributed by atoms with Crippen LogP contribution in [0.15, 0.2) is 30.9 Å². The molecule has 0 amide bonds.